The van der Waals surface area contributed by atoms with Gasteiger partial charge in [-0.05, 0) is 74.1 Å². The fourth-order valence-electron chi connectivity index (χ4n) is 4.85. The molecule has 164 valence electrons. The third-order valence-electron chi connectivity index (χ3n) is 6.76. The van der Waals surface area contributed by atoms with E-state index in [-0.39, 0.29) is 23.8 Å². The van der Waals surface area contributed by atoms with Gasteiger partial charge >= 0.3 is 0 Å². The van der Waals surface area contributed by atoms with Crippen molar-refractivity contribution in [1.82, 2.24) is 19.9 Å². The van der Waals surface area contributed by atoms with E-state index in [1.54, 1.807) is 30.6 Å². The van der Waals surface area contributed by atoms with Crippen molar-refractivity contribution in [2.75, 3.05) is 6.61 Å². The summed E-state index contributed by atoms with van der Waals surface area (Å²) in [5, 5.41) is 0. The molecule has 0 N–H and O–H groups in total. The van der Waals surface area contributed by atoms with Crippen LogP contribution in [0.25, 0.3) is 11.4 Å². The second-order valence-electron chi connectivity index (χ2n) is 8.71. The fraction of sp³-hybridized carbons (Fsp3) is 0.360. The highest BCUT2D eigenvalue weighted by Crippen LogP contribution is 2.47. The van der Waals surface area contributed by atoms with Crippen molar-refractivity contribution < 1.29 is 13.9 Å². The monoisotopic (exact) mass is 432 g/mol. The van der Waals surface area contributed by atoms with Crippen molar-refractivity contribution in [3.8, 4) is 17.1 Å². The third kappa shape index (κ3) is 3.72. The number of carbonyl (C=O) groups excluding carboxylic acids is 1. The van der Waals surface area contributed by atoms with Crippen molar-refractivity contribution in [1.29, 1.82) is 0 Å². The summed E-state index contributed by atoms with van der Waals surface area (Å²) in [5.74, 6) is 1.55. The molecule has 3 fully saturated rings. The van der Waals surface area contributed by atoms with E-state index < -0.39 is 0 Å². The molecule has 3 aliphatic rings. The molecular formula is C25H25FN4O2. The number of rotatable bonds is 5. The van der Waals surface area contributed by atoms with E-state index >= 15 is 0 Å². The summed E-state index contributed by atoms with van der Waals surface area (Å²) in [6.45, 7) is 4.41. The summed E-state index contributed by atoms with van der Waals surface area (Å²) in [7, 11) is 0. The highest BCUT2D eigenvalue weighted by molar-refractivity contribution is 5.98. The summed E-state index contributed by atoms with van der Waals surface area (Å²) >= 11 is 0. The second-order valence-corrected chi connectivity index (χ2v) is 8.71. The average Bonchev–Trinajstić information content (AvgIpc) is 2.78. The number of aryl methyl sites for hydroxylation is 1. The number of carbonyl (C=O) groups is 1. The van der Waals surface area contributed by atoms with Gasteiger partial charge in [-0.25, -0.2) is 19.3 Å². The Balaban J connectivity index is 1.46. The van der Waals surface area contributed by atoms with Crippen LogP contribution in [0.15, 0.2) is 54.9 Å². The average molecular weight is 432 g/mol. The SMILES string of the molecule is Cc1ccc(-c2ncccn2)c(C(=O)N2C3CC(C3)[C@@H](C)[C@H]2COc2ccc(F)cc2)n1. The Morgan fingerprint density at radius 2 is 1.84 bits per heavy atom. The van der Waals surface area contributed by atoms with Crippen molar-refractivity contribution in [2.45, 2.75) is 38.8 Å². The van der Waals surface area contributed by atoms with E-state index in [4.69, 9.17) is 4.74 Å². The van der Waals surface area contributed by atoms with Gasteiger partial charge in [-0.15, -0.1) is 0 Å². The first kappa shape index (κ1) is 20.5. The maximum Gasteiger partial charge on any atom is 0.273 e. The first-order chi connectivity index (χ1) is 15.5. The highest BCUT2D eigenvalue weighted by Gasteiger charge is 2.51. The van der Waals surface area contributed by atoms with Crippen LogP contribution in [0.2, 0.25) is 0 Å². The van der Waals surface area contributed by atoms with Gasteiger partial charge in [-0.3, -0.25) is 4.79 Å². The van der Waals surface area contributed by atoms with Crippen molar-refractivity contribution in [3.63, 3.8) is 0 Å². The molecule has 0 spiro atoms. The number of hydrogen-bond donors (Lipinski definition) is 0. The molecule has 6 nitrogen and oxygen atoms in total. The lowest BCUT2D eigenvalue weighted by Crippen LogP contribution is -2.64. The summed E-state index contributed by atoms with van der Waals surface area (Å²) in [5.41, 5.74) is 1.78. The number of pyridine rings is 1. The lowest BCUT2D eigenvalue weighted by atomic mass is 9.64. The number of hydrogen-bond acceptors (Lipinski definition) is 5. The Hall–Kier alpha value is -3.35. The summed E-state index contributed by atoms with van der Waals surface area (Å²) in [6.07, 6.45) is 5.33. The molecule has 4 heterocycles. The van der Waals surface area contributed by atoms with E-state index in [1.165, 1.54) is 12.1 Å². The maximum atomic E-state index is 13.9. The van der Waals surface area contributed by atoms with Gasteiger partial charge in [0, 0.05) is 24.1 Å². The molecule has 3 aromatic rings. The zero-order valence-corrected chi connectivity index (χ0v) is 18.1. The summed E-state index contributed by atoms with van der Waals surface area (Å²) in [4.78, 5) is 29.1. The van der Waals surface area contributed by atoms with Crippen LogP contribution >= 0.6 is 0 Å². The summed E-state index contributed by atoms with van der Waals surface area (Å²) < 4.78 is 19.2. The van der Waals surface area contributed by atoms with Gasteiger partial charge < -0.3 is 9.64 Å². The number of benzene rings is 1. The lowest BCUT2D eigenvalue weighted by Gasteiger charge is -2.57. The maximum absolute atomic E-state index is 13.9. The van der Waals surface area contributed by atoms with Crippen LogP contribution in [0, 0.1) is 24.6 Å². The molecule has 7 heteroatoms. The second kappa shape index (κ2) is 8.30. The molecule has 1 aliphatic carbocycles. The van der Waals surface area contributed by atoms with E-state index in [9.17, 15) is 9.18 Å². The number of amides is 1. The Morgan fingerprint density at radius 3 is 2.56 bits per heavy atom. The molecule has 1 aromatic carbocycles. The van der Waals surface area contributed by atoms with Gasteiger partial charge in [0.1, 0.15) is 23.9 Å². The largest absolute Gasteiger partial charge is 0.491 e. The predicted molar refractivity (Wildman–Crippen MR) is 118 cm³/mol. The molecule has 1 saturated carbocycles. The number of fused-ring (bicyclic) bond motifs is 2. The minimum atomic E-state index is -0.303. The first-order valence-corrected chi connectivity index (χ1v) is 11.0. The highest BCUT2D eigenvalue weighted by atomic mass is 19.1. The first-order valence-electron chi connectivity index (χ1n) is 11.0. The van der Waals surface area contributed by atoms with Gasteiger partial charge in [0.05, 0.1) is 11.6 Å². The van der Waals surface area contributed by atoms with Crippen molar-refractivity contribution >= 4 is 5.91 Å². The Morgan fingerprint density at radius 1 is 1.12 bits per heavy atom. The van der Waals surface area contributed by atoms with E-state index in [0.717, 1.165) is 18.5 Å². The molecule has 2 atom stereocenters. The van der Waals surface area contributed by atoms with Gasteiger partial charge in [-0.2, -0.15) is 0 Å². The van der Waals surface area contributed by atoms with Crippen LogP contribution in [0.5, 0.6) is 5.75 Å². The zero-order valence-electron chi connectivity index (χ0n) is 18.1. The molecule has 2 aromatic heterocycles. The number of piperidine rings is 2. The number of ether oxygens (including phenoxy) is 1. The lowest BCUT2D eigenvalue weighted by molar-refractivity contribution is -0.0672. The predicted octanol–water partition coefficient (Wildman–Crippen LogP) is 4.30. The quantitative estimate of drug-likeness (QED) is 0.601. The minimum absolute atomic E-state index is 0.0862. The molecule has 2 aliphatic heterocycles. The van der Waals surface area contributed by atoms with E-state index in [2.05, 4.69) is 21.9 Å². The topological polar surface area (TPSA) is 68.2 Å². The standard InChI is InChI=1S/C25H25FN4O2/c1-15-4-9-21(24-27-10-3-11-28-24)23(29-15)25(31)30-19-12-17(13-19)16(2)22(30)14-32-20-7-5-18(26)6-8-20/h3-11,16-17,19,22H,12-14H2,1-2H3/t16-,17?,19?,22-/m1/s1. The Bertz CT molecular complexity index is 1120. The van der Waals surface area contributed by atoms with Gasteiger partial charge in [0.2, 0.25) is 0 Å². The zero-order chi connectivity index (χ0) is 22.2. The van der Waals surface area contributed by atoms with Gasteiger partial charge in [0.15, 0.2) is 5.82 Å². The van der Waals surface area contributed by atoms with E-state index in [0.29, 0.717) is 41.3 Å². The molecule has 0 unspecified atom stereocenters. The number of aromatic nitrogens is 3. The molecule has 2 bridgehead atoms. The van der Waals surface area contributed by atoms with Crippen LogP contribution < -0.4 is 4.74 Å². The normalized spacial score (nSPS) is 24.0. The number of halogens is 1. The Kier molecular flexibility index (Phi) is 5.33. The van der Waals surface area contributed by atoms with Crippen molar-refractivity contribution in [3.05, 3.63) is 72.1 Å². The number of nitrogens with zero attached hydrogens (tertiary/aromatic N) is 4. The van der Waals surface area contributed by atoms with Crippen LogP contribution in [-0.2, 0) is 0 Å². The summed E-state index contributed by atoms with van der Waals surface area (Å²) in [6, 6.07) is 11.6. The van der Waals surface area contributed by atoms with Crippen LogP contribution in [0.3, 0.4) is 0 Å². The van der Waals surface area contributed by atoms with Crippen LogP contribution in [-0.4, -0.2) is 44.4 Å². The minimum Gasteiger partial charge on any atom is -0.491 e. The van der Waals surface area contributed by atoms with Crippen LogP contribution in [0.4, 0.5) is 4.39 Å². The van der Waals surface area contributed by atoms with E-state index in [1.807, 2.05) is 24.0 Å². The molecule has 1 amide bonds. The van der Waals surface area contributed by atoms with Gasteiger partial charge in [0.25, 0.3) is 5.91 Å². The smallest absolute Gasteiger partial charge is 0.273 e. The Labute approximate surface area is 186 Å². The molecule has 6 rings (SSSR count). The van der Waals surface area contributed by atoms with Crippen molar-refractivity contribution in [2.24, 2.45) is 11.8 Å². The van der Waals surface area contributed by atoms with Crippen LogP contribution in [0.1, 0.15) is 35.9 Å². The molecule has 2 saturated heterocycles. The molecular weight excluding hydrogens is 407 g/mol. The fourth-order valence-corrected chi connectivity index (χ4v) is 4.85. The van der Waals surface area contributed by atoms with Gasteiger partial charge in [-0.1, -0.05) is 6.92 Å². The molecule has 32 heavy (non-hydrogen) atoms. The molecule has 0 radical (unpaired) electrons. The third-order valence-corrected chi connectivity index (χ3v) is 6.76.